The number of aromatic nitrogens is 2. The predicted octanol–water partition coefficient (Wildman–Crippen LogP) is 4.72. The van der Waals surface area contributed by atoms with Gasteiger partial charge in [-0.1, -0.05) is 18.2 Å². The molecule has 7 heteroatoms. The average molecular weight is 423 g/mol. The van der Waals surface area contributed by atoms with Gasteiger partial charge in [0.2, 0.25) is 5.89 Å². The minimum absolute atomic E-state index is 0.246. The van der Waals surface area contributed by atoms with E-state index in [0.29, 0.717) is 11.7 Å². The highest BCUT2D eigenvalue weighted by molar-refractivity contribution is 9.11. The molecule has 110 valence electrons. The summed E-state index contributed by atoms with van der Waals surface area (Å²) in [5, 5.41) is 9.82. The van der Waals surface area contributed by atoms with Crippen molar-refractivity contribution in [3.05, 3.63) is 57.2 Å². The third kappa shape index (κ3) is 3.26. The normalized spacial score (nSPS) is 11.2. The summed E-state index contributed by atoms with van der Waals surface area (Å²) in [6.07, 6.45) is 3.04. The molecule has 1 aromatic carbocycles. The topological polar surface area (TPSA) is 71.5 Å². The molecule has 0 aliphatic carbocycles. The van der Waals surface area contributed by atoms with Crippen LogP contribution in [0.1, 0.15) is 5.69 Å². The molecule has 0 atom stereocenters. The average Bonchev–Trinajstić information content (AvgIpc) is 2.88. The van der Waals surface area contributed by atoms with E-state index >= 15 is 0 Å². The smallest absolute Gasteiger partial charge is 0.312 e. The molecule has 0 fully saturated rings. The number of aromatic hydroxyl groups is 1. The lowest BCUT2D eigenvalue weighted by atomic mass is 10.2. The highest BCUT2D eigenvalue weighted by Gasteiger charge is 2.12. The molecule has 0 radical (unpaired) electrons. The van der Waals surface area contributed by atoms with Gasteiger partial charge in [0.1, 0.15) is 0 Å². The van der Waals surface area contributed by atoms with Crippen molar-refractivity contribution in [2.45, 2.75) is 0 Å². The van der Waals surface area contributed by atoms with Crippen LogP contribution in [0.3, 0.4) is 0 Å². The van der Waals surface area contributed by atoms with Gasteiger partial charge < -0.3 is 9.52 Å². The molecule has 0 spiro atoms. The lowest BCUT2D eigenvalue weighted by Crippen LogP contribution is -1.84. The summed E-state index contributed by atoms with van der Waals surface area (Å²) in [6.45, 7) is 0. The Kier molecular flexibility index (Phi) is 4.35. The minimum Gasteiger partial charge on any atom is -0.479 e. The van der Waals surface area contributed by atoms with Crippen molar-refractivity contribution >= 4 is 43.9 Å². The molecule has 3 rings (SSSR count). The first-order valence-corrected chi connectivity index (χ1v) is 7.82. The van der Waals surface area contributed by atoms with E-state index in [1.54, 1.807) is 6.20 Å². The number of hydrogen-bond donors (Lipinski definition) is 1. The third-order valence-electron chi connectivity index (χ3n) is 2.75. The van der Waals surface area contributed by atoms with Crippen molar-refractivity contribution in [3.8, 4) is 17.4 Å². The lowest BCUT2D eigenvalue weighted by Gasteiger charge is -1.96. The monoisotopic (exact) mass is 421 g/mol. The van der Waals surface area contributed by atoms with Crippen LogP contribution in [-0.4, -0.2) is 21.3 Å². The number of pyridine rings is 1. The van der Waals surface area contributed by atoms with Gasteiger partial charge in [0, 0.05) is 16.2 Å². The Labute approximate surface area is 143 Å². The molecule has 1 N–H and O–H groups in total. The molecule has 5 nitrogen and oxygen atoms in total. The van der Waals surface area contributed by atoms with Gasteiger partial charge in [-0.25, -0.2) is 15.0 Å². The van der Waals surface area contributed by atoms with E-state index in [1.165, 1.54) is 6.21 Å². The second kappa shape index (κ2) is 6.41. The van der Waals surface area contributed by atoms with Crippen molar-refractivity contribution in [2.24, 2.45) is 4.99 Å². The van der Waals surface area contributed by atoms with Crippen LogP contribution in [0.15, 0.2) is 61.0 Å². The molecular weight excluding hydrogens is 414 g/mol. The van der Waals surface area contributed by atoms with Crippen LogP contribution in [0.5, 0.6) is 5.95 Å². The van der Waals surface area contributed by atoms with Crippen LogP contribution in [0.25, 0.3) is 11.5 Å². The molecule has 22 heavy (non-hydrogen) atoms. The summed E-state index contributed by atoms with van der Waals surface area (Å²) in [7, 11) is 0. The first kappa shape index (κ1) is 14.9. The summed E-state index contributed by atoms with van der Waals surface area (Å²) in [6, 6.07) is 11.2. The van der Waals surface area contributed by atoms with E-state index in [0.717, 1.165) is 14.5 Å². The Bertz CT molecular complexity index is 832. The quantitative estimate of drug-likeness (QED) is 0.620. The molecule has 0 amide bonds. The highest BCUT2D eigenvalue weighted by atomic mass is 79.9. The summed E-state index contributed by atoms with van der Waals surface area (Å²) in [4.78, 5) is 12.6. The van der Waals surface area contributed by atoms with Gasteiger partial charge in [-0.05, 0) is 50.1 Å². The Morgan fingerprint density at radius 1 is 1.18 bits per heavy atom. The van der Waals surface area contributed by atoms with Gasteiger partial charge in [-0.2, -0.15) is 0 Å². The number of hydrogen-bond acceptors (Lipinski definition) is 5. The Hall–Kier alpha value is -1.99. The van der Waals surface area contributed by atoms with Crippen molar-refractivity contribution < 1.29 is 9.52 Å². The van der Waals surface area contributed by atoms with E-state index in [1.807, 2.05) is 36.4 Å². The minimum atomic E-state index is -0.282. The Balaban J connectivity index is 1.90. The van der Waals surface area contributed by atoms with Crippen molar-refractivity contribution in [1.29, 1.82) is 0 Å². The van der Waals surface area contributed by atoms with Crippen molar-refractivity contribution in [1.82, 2.24) is 9.97 Å². The van der Waals surface area contributed by atoms with E-state index in [2.05, 4.69) is 46.8 Å². The molecule has 2 aromatic heterocycles. The number of benzene rings is 1. The summed E-state index contributed by atoms with van der Waals surface area (Å²) in [5.41, 5.74) is 1.02. The number of nitrogens with zero attached hydrogens (tertiary/aromatic N) is 3. The molecule has 3 aromatic rings. The fraction of sp³-hybridized carbons (Fsp3) is 0. The molecule has 2 heterocycles. The molecule has 0 unspecified atom stereocenters. The molecule has 0 saturated heterocycles. The Morgan fingerprint density at radius 2 is 1.95 bits per heavy atom. The number of aliphatic imine (C=N–C) groups is 1. The maximum Gasteiger partial charge on any atom is 0.312 e. The van der Waals surface area contributed by atoms with E-state index < -0.39 is 0 Å². The SMILES string of the molecule is Oc1oc(-c2ccccc2)nc1/C=N/c1ncc(Br)cc1Br. The molecule has 0 aliphatic rings. The number of rotatable bonds is 3. The zero-order chi connectivity index (χ0) is 15.5. The van der Waals surface area contributed by atoms with Gasteiger partial charge in [0.15, 0.2) is 11.5 Å². The van der Waals surface area contributed by atoms with Crippen LogP contribution in [0.2, 0.25) is 0 Å². The maximum absolute atomic E-state index is 9.82. The first-order valence-electron chi connectivity index (χ1n) is 6.24. The van der Waals surface area contributed by atoms with Crippen LogP contribution < -0.4 is 0 Å². The standard InChI is InChI=1S/C15H9Br2N3O2/c16-10-6-11(17)13(18-7-10)19-8-12-15(21)22-14(20-12)9-4-2-1-3-5-9/h1-8,21H/b19-8+. The molecular formula is C15H9Br2N3O2. The molecule has 0 bridgehead atoms. The number of oxazole rings is 1. The zero-order valence-corrected chi connectivity index (χ0v) is 14.2. The van der Waals surface area contributed by atoms with Crippen molar-refractivity contribution in [2.75, 3.05) is 0 Å². The fourth-order valence-electron chi connectivity index (χ4n) is 1.74. The second-order valence-electron chi connectivity index (χ2n) is 4.29. The van der Waals surface area contributed by atoms with Crippen LogP contribution >= 0.6 is 31.9 Å². The molecule has 0 saturated carbocycles. The van der Waals surface area contributed by atoms with Crippen LogP contribution in [0, 0.1) is 0 Å². The summed E-state index contributed by atoms with van der Waals surface area (Å²) >= 11 is 6.69. The van der Waals surface area contributed by atoms with Crippen LogP contribution in [0.4, 0.5) is 5.82 Å². The summed E-state index contributed by atoms with van der Waals surface area (Å²) < 4.78 is 6.82. The highest BCUT2D eigenvalue weighted by Crippen LogP contribution is 2.28. The lowest BCUT2D eigenvalue weighted by molar-refractivity contribution is 0.337. The van der Waals surface area contributed by atoms with Gasteiger partial charge >= 0.3 is 5.95 Å². The third-order valence-corrected chi connectivity index (χ3v) is 3.77. The fourth-order valence-corrected chi connectivity index (χ4v) is 2.83. The van der Waals surface area contributed by atoms with E-state index in [4.69, 9.17) is 4.42 Å². The Morgan fingerprint density at radius 3 is 2.68 bits per heavy atom. The van der Waals surface area contributed by atoms with Gasteiger partial charge in [-0.3, -0.25) is 0 Å². The van der Waals surface area contributed by atoms with Gasteiger partial charge in [0.05, 0.1) is 10.7 Å². The summed E-state index contributed by atoms with van der Waals surface area (Å²) in [5.74, 6) is 0.532. The van der Waals surface area contributed by atoms with Gasteiger partial charge in [-0.15, -0.1) is 0 Å². The van der Waals surface area contributed by atoms with Crippen molar-refractivity contribution in [3.63, 3.8) is 0 Å². The molecule has 0 aliphatic heterocycles. The maximum atomic E-state index is 9.82. The first-order chi connectivity index (χ1) is 10.6. The largest absolute Gasteiger partial charge is 0.479 e. The van der Waals surface area contributed by atoms with E-state index in [-0.39, 0.29) is 11.6 Å². The zero-order valence-electron chi connectivity index (χ0n) is 11.1. The van der Waals surface area contributed by atoms with Crippen LogP contribution in [-0.2, 0) is 0 Å². The second-order valence-corrected chi connectivity index (χ2v) is 6.06. The van der Waals surface area contributed by atoms with E-state index in [9.17, 15) is 5.11 Å². The van der Waals surface area contributed by atoms with Gasteiger partial charge in [0.25, 0.3) is 0 Å². The number of halogens is 2. The predicted molar refractivity (Wildman–Crippen MR) is 90.5 cm³/mol.